The first kappa shape index (κ1) is 18.8. The molecule has 0 aliphatic heterocycles. The second-order valence-corrected chi connectivity index (χ2v) is 8.52. The van der Waals surface area contributed by atoms with Gasteiger partial charge in [-0.15, -0.1) is 21.5 Å². The maximum atomic E-state index is 12.5. The Hall–Kier alpha value is -3.17. The van der Waals surface area contributed by atoms with Gasteiger partial charge in [-0.1, -0.05) is 30.0 Å². The molecule has 4 heterocycles. The number of furan rings is 1. The normalized spacial score (nSPS) is 11.4. The van der Waals surface area contributed by atoms with Crippen molar-refractivity contribution in [2.75, 3.05) is 0 Å². The fourth-order valence-corrected chi connectivity index (χ4v) is 5.01. The molecule has 9 heteroatoms. The summed E-state index contributed by atoms with van der Waals surface area (Å²) in [5, 5.41) is 11.5. The molecular formula is C21H17N5O2S2. The number of aryl methyl sites for hydroxylation is 2. The maximum Gasteiger partial charge on any atom is 0.258 e. The van der Waals surface area contributed by atoms with E-state index in [1.165, 1.54) is 23.1 Å². The van der Waals surface area contributed by atoms with Gasteiger partial charge in [0.1, 0.15) is 5.76 Å². The number of para-hydroxylation sites is 1. The average molecular weight is 436 g/mol. The summed E-state index contributed by atoms with van der Waals surface area (Å²) in [6, 6.07) is 13.4. The van der Waals surface area contributed by atoms with Gasteiger partial charge in [-0.25, -0.2) is 4.98 Å². The van der Waals surface area contributed by atoms with Crippen LogP contribution in [-0.4, -0.2) is 24.1 Å². The summed E-state index contributed by atoms with van der Waals surface area (Å²) >= 11 is 2.96. The highest BCUT2D eigenvalue weighted by Crippen LogP contribution is 2.31. The van der Waals surface area contributed by atoms with Crippen LogP contribution in [0.1, 0.15) is 17.1 Å². The summed E-state index contributed by atoms with van der Waals surface area (Å²) in [5.41, 5.74) is 3.41. The third-order valence-electron chi connectivity index (χ3n) is 4.73. The molecule has 7 nitrogen and oxygen atoms in total. The lowest BCUT2D eigenvalue weighted by atomic mass is 10.2. The van der Waals surface area contributed by atoms with Crippen molar-refractivity contribution in [3.8, 4) is 17.1 Å². The summed E-state index contributed by atoms with van der Waals surface area (Å²) < 4.78 is 9.10. The predicted octanol–water partition coefficient (Wildman–Crippen LogP) is 4.51. The Balaban J connectivity index is 1.53. The van der Waals surface area contributed by atoms with Gasteiger partial charge in [-0.05, 0) is 32.0 Å². The average Bonchev–Trinajstić information content (AvgIpc) is 3.45. The van der Waals surface area contributed by atoms with Gasteiger partial charge in [0.25, 0.3) is 5.56 Å². The molecule has 4 aromatic heterocycles. The zero-order valence-corrected chi connectivity index (χ0v) is 17.9. The number of fused-ring (bicyclic) bond motifs is 1. The van der Waals surface area contributed by atoms with Gasteiger partial charge < -0.3 is 4.42 Å². The second kappa shape index (κ2) is 7.58. The van der Waals surface area contributed by atoms with Crippen LogP contribution in [-0.2, 0) is 5.75 Å². The van der Waals surface area contributed by atoms with Crippen LogP contribution in [0.15, 0.2) is 68.5 Å². The van der Waals surface area contributed by atoms with E-state index < -0.39 is 0 Å². The van der Waals surface area contributed by atoms with E-state index in [1.54, 1.807) is 16.7 Å². The number of benzene rings is 1. The van der Waals surface area contributed by atoms with E-state index >= 15 is 0 Å². The highest BCUT2D eigenvalue weighted by Gasteiger charge is 2.19. The lowest BCUT2D eigenvalue weighted by Crippen LogP contribution is -2.14. The zero-order chi connectivity index (χ0) is 20.7. The van der Waals surface area contributed by atoms with Gasteiger partial charge >= 0.3 is 0 Å². The molecule has 0 amide bonds. The fourth-order valence-electron chi connectivity index (χ4n) is 3.28. The smallest absolute Gasteiger partial charge is 0.258 e. The Labute approximate surface area is 180 Å². The van der Waals surface area contributed by atoms with Crippen molar-refractivity contribution in [3.05, 3.63) is 81.6 Å². The Bertz CT molecular complexity index is 1400. The Morgan fingerprint density at radius 2 is 1.97 bits per heavy atom. The quantitative estimate of drug-likeness (QED) is 0.378. The van der Waals surface area contributed by atoms with E-state index in [-0.39, 0.29) is 5.56 Å². The SMILES string of the molecule is Cc1occc1-c1nnc(SCc2cc(=O)n3c(C)csc3n2)n1-c1ccccc1. The van der Waals surface area contributed by atoms with Gasteiger partial charge in [0, 0.05) is 28.6 Å². The minimum Gasteiger partial charge on any atom is -0.469 e. The largest absolute Gasteiger partial charge is 0.469 e. The molecule has 0 radical (unpaired) electrons. The number of hydrogen-bond donors (Lipinski definition) is 0. The number of hydrogen-bond acceptors (Lipinski definition) is 7. The van der Waals surface area contributed by atoms with Gasteiger partial charge in [-0.3, -0.25) is 13.8 Å². The van der Waals surface area contributed by atoms with Crippen LogP contribution in [0.25, 0.3) is 22.0 Å². The van der Waals surface area contributed by atoms with Crippen molar-refractivity contribution >= 4 is 28.1 Å². The highest BCUT2D eigenvalue weighted by molar-refractivity contribution is 7.98. The number of thiazole rings is 1. The van der Waals surface area contributed by atoms with Crippen molar-refractivity contribution in [3.63, 3.8) is 0 Å². The van der Waals surface area contributed by atoms with Crippen molar-refractivity contribution in [2.24, 2.45) is 0 Å². The monoisotopic (exact) mass is 435 g/mol. The van der Waals surface area contributed by atoms with Gasteiger partial charge in [0.2, 0.25) is 0 Å². The van der Waals surface area contributed by atoms with Crippen molar-refractivity contribution in [1.29, 1.82) is 0 Å². The van der Waals surface area contributed by atoms with Crippen LogP contribution < -0.4 is 5.56 Å². The minimum atomic E-state index is -0.0615. The molecule has 5 aromatic rings. The Morgan fingerprint density at radius 3 is 2.73 bits per heavy atom. The van der Waals surface area contributed by atoms with E-state index in [4.69, 9.17) is 4.42 Å². The number of thioether (sulfide) groups is 1. The molecule has 0 N–H and O–H groups in total. The maximum absolute atomic E-state index is 12.5. The minimum absolute atomic E-state index is 0.0615. The zero-order valence-electron chi connectivity index (χ0n) is 16.3. The molecule has 0 unspecified atom stereocenters. The Kier molecular flexibility index (Phi) is 4.76. The van der Waals surface area contributed by atoms with E-state index in [9.17, 15) is 4.79 Å². The first-order valence-corrected chi connectivity index (χ1v) is 11.1. The lowest BCUT2D eigenvalue weighted by molar-refractivity contribution is 0.535. The van der Waals surface area contributed by atoms with Crippen molar-refractivity contribution in [2.45, 2.75) is 24.8 Å². The topological polar surface area (TPSA) is 78.2 Å². The molecule has 0 saturated carbocycles. The molecule has 0 spiro atoms. The number of aromatic nitrogens is 5. The predicted molar refractivity (Wildman–Crippen MR) is 117 cm³/mol. The van der Waals surface area contributed by atoms with Crippen molar-refractivity contribution < 1.29 is 4.42 Å². The molecule has 0 saturated heterocycles. The van der Waals surface area contributed by atoms with Gasteiger partial charge in [0.05, 0.1) is 17.5 Å². The molecule has 0 atom stereocenters. The molecule has 0 bridgehead atoms. The number of nitrogens with zero attached hydrogens (tertiary/aromatic N) is 5. The third-order valence-corrected chi connectivity index (χ3v) is 6.63. The summed E-state index contributed by atoms with van der Waals surface area (Å²) in [6.45, 7) is 3.81. The van der Waals surface area contributed by atoms with Crippen molar-refractivity contribution in [1.82, 2.24) is 24.1 Å². The third kappa shape index (κ3) is 3.25. The molecule has 1 aromatic carbocycles. The van der Waals surface area contributed by atoms with E-state index in [1.807, 2.05) is 60.2 Å². The summed E-state index contributed by atoms with van der Waals surface area (Å²) in [7, 11) is 0. The first-order chi connectivity index (χ1) is 14.6. The fraction of sp³-hybridized carbons (Fsp3) is 0.143. The standard InChI is InChI=1S/C21H17N5O2S2/c1-13-11-29-20-22-15(10-18(27)25(13)20)12-30-21-24-23-19(17-8-9-28-14(17)2)26(21)16-6-4-3-5-7-16/h3-11H,12H2,1-2H3. The molecular weight excluding hydrogens is 418 g/mol. The second-order valence-electron chi connectivity index (χ2n) is 6.74. The van der Waals surface area contributed by atoms with Gasteiger partial charge in [0.15, 0.2) is 15.9 Å². The lowest BCUT2D eigenvalue weighted by Gasteiger charge is -2.09. The molecule has 5 rings (SSSR count). The molecule has 30 heavy (non-hydrogen) atoms. The molecule has 150 valence electrons. The van der Waals surface area contributed by atoms with E-state index in [0.717, 1.165) is 33.6 Å². The highest BCUT2D eigenvalue weighted by atomic mass is 32.2. The number of rotatable bonds is 5. The Morgan fingerprint density at radius 1 is 1.13 bits per heavy atom. The van der Waals surface area contributed by atoms with Crippen LogP contribution in [0.3, 0.4) is 0 Å². The molecule has 0 aliphatic rings. The van der Waals surface area contributed by atoms with E-state index in [2.05, 4.69) is 15.2 Å². The van der Waals surface area contributed by atoms with Crippen LogP contribution >= 0.6 is 23.1 Å². The van der Waals surface area contributed by atoms with Crippen LogP contribution in [0.5, 0.6) is 0 Å². The van der Waals surface area contributed by atoms with Crippen LogP contribution in [0, 0.1) is 13.8 Å². The van der Waals surface area contributed by atoms with E-state index in [0.29, 0.717) is 16.5 Å². The summed E-state index contributed by atoms with van der Waals surface area (Å²) in [6.07, 6.45) is 1.65. The van der Waals surface area contributed by atoms with Crippen LogP contribution in [0.2, 0.25) is 0 Å². The summed E-state index contributed by atoms with van der Waals surface area (Å²) in [4.78, 5) is 17.8. The first-order valence-electron chi connectivity index (χ1n) is 9.26. The summed E-state index contributed by atoms with van der Waals surface area (Å²) in [5.74, 6) is 2.01. The molecule has 0 fully saturated rings. The molecule has 0 aliphatic carbocycles. The van der Waals surface area contributed by atoms with Gasteiger partial charge in [-0.2, -0.15) is 0 Å². The van der Waals surface area contributed by atoms with Crippen LogP contribution in [0.4, 0.5) is 0 Å².